The smallest absolute Gasteiger partial charge is 0.292 e. The third-order valence-electron chi connectivity index (χ3n) is 5.61. The summed E-state index contributed by atoms with van der Waals surface area (Å²) in [5, 5.41) is 14.3. The summed E-state index contributed by atoms with van der Waals surface area (Å²) in [6.45, 7) is 7.31. The number of carbonyl (C=O) groups excluding carboxylic acids is 1. The molecule has 1 saturated heterocycles. The third-order valence-corrected chi connectivity index (χ3v) is 5.61. The van der Waals surface area contributed by atoms with Gasteiger partial charge in [-0.2, -0.15) is 0 Å². The Morgan fingerprint density at radius 2 is 1.66 bits per heavy atom. The van der Waals surface area contributed by atoms with E-state index in [1.807, 2.05) is 36.1 Å². The first kappa shape index (κ1) is 20.8. The van der Waals surface area contributed by atoms with Crippen molar-refractivity contribution in [1.29, 1.82) is 0 Å². The highest BCUT2D eigenvalue weighted by Gasteiger charge is 2.28. The fourth-order valence-electron chi connectivity index (χ4n) is 3.70. The van der Waals surface area contributed by atoms with Crippen molar-refractivity contribution >= 4 is 17.3 Å². The number of piperazine rings is 1. The SMILES string of the molecule is CC(CNC(=O)C(C)N1CCN(c2ccccc2[N+](=O)[O-])CC1)c1ccccc1. The van der Waals surface area contributed by atoms with E-state index in [0.29, 0.717) is 38.4 Å². The lowest BCUT2D eigenvalue weighted by Gasteiger charge is -2.38. The van der Waals surface area contributed by atoms with E-state index in [2.05, 4.69) is 29.3 Å². The Kier molecular flexibility index (Phi) is 6.82. The second kappa shape index (κ2) is 9.52. The van der Waals surface area contributed by atoms with Crippen LogP contribution < -0.4 is 10.2 Å². The fourth-order valence-corrected chi connectivity index (χ4v) is 3.70. The zero-order valence-electron chi connectivity index (χ0n) is 17.0. The molecule has 0 aliphatic carbocycles. The maximum atomic E-state index is 12.6. The van der Waals surface area contributed by atoms with E-state index in [1.165, 1.54) is 11.6 Å². The molecule has 2 atom stereocenters. The van der Waals surface area contributed by atoms with Gasteiger partial charge in [0.1, 0.15) is 5.69 Å². The summed E-state index contributed by atoms with van der Waals surface area (Å²) in [5.74, 6) is 0.273. The van der Waals surface area contributed by atoms with Gasteiger partial charge in [0, 0.05) is 38.8 Å². The zero-order chi connectivity index (χ0) is 20.8. The number of nitrogens with one attached hydrogen (secondary N) is 1. The van der Waals surface area contributed by atoms with Crippen molar-refractivity contribution in [2.24, 2.45) is 0 Å². The van der Waals surface area contributed by atoms with Crippen molar-refractivity contribution in [2.45, 2.75) is 25.8 Å². The highest BCUT2D eigenvalue weighted by Crippen LogP contribution is 2.28. The first-order valence-corrected chi connectivity index (χ1v) is 10.0. The molecule has 2 aromatic carbocycles. The van der Waals surface area contributed by atoms with Gasteiger partial charge in [-0.15, -0.1) is 0 Å². The van der Waals surface area contributed by atoms with Crippen molar-refractivity contribution in [3.05, 3.63) is 70.3 Å². The number of carbonyl (C=O) groups is 1. The molecule has 0 bridgehead atoms. The zero-order valence-corrected chi connectivity index (χ0v) is 17.0. The molecular weight excluding hydrogens is 368 g/mol. The number of hydrogen-bond acceptors (Lipinski definition) is 5. The van der Waals surface area contributed by atoms with Gasteiger partial charge in [-0.25, -0.2) is 0 Å². The molecule has 0 aromatic heterocycles. The minimum absolute atomic E-state index is 0.0203. The maximum absolute atomic E-state index is 12.6. The molecule has 0 saturated carbocycles. The van der Waals surface area contributed by atoms with E-state index in [4.69, 9.17) is 0 Å². The summed E-state index contributed by atoms with van der Waals surface area (Å²) >= 11 is 0. The third kappa shape index (κ3) is 5.12. The van der Waals surface area contributed by atoms with Crippen LogP contribution in [0.2, 0.25) is 0 Å². The van der Waals surface area contributed by atoms with Crippen LogP contribution in [-0.4, -0.2) is 54.5 Å². The molecule has 3 rings (SSSR count). The number of hydrogen-bond donors (Lipinski definition) is 1. The molecule has 29 heavy (non-hydrogen) atoms. The Hall–Kier alpha value is -2.93. The molecule has 2 aromatic rings. The van der Waals surface area contributed by atoms with E-state index in [-0.39, 0.29) is 28.5 Å². The van der Waals surface area contributed by atoms with Crippen LogP contribution in [0.4, 0.5) is 11.4 Å². The number of rotatable bonds is 7. The molecule has 1 heterocycles. The largest absolute Gasteiger partial charge is 0.363 e. The normalized spacial score (nSPS) is 16.8. The fraction of sp³-hybridized carbons (Fsp3) is 0.409. The van der Waals surface area contributed by atoms with Gasteiger partial charge < -0.3 is 10.2 Å². The van der Waals surface area contributed by atoms with Gasteiger partial charge in [-0.3, -0.25) is 19.8 Å². The van der Waals surface area contributed by atoms with Gasteiger partial charge in [0.05, 0.1) is 11.0 Å². The van der Waals surface area contributed by atoms with Crippen LogP contribution in [0.5, 0.6) is 0 Å². The molecule has 1 amide bonds. The molecule has 1 N–H and O–H groups in total. The minimum Gasteiger partial charge on any atom is -0.363 e. The molecule has 2 unspecified atom stereocenters. The van der Waals surface area contributed by atoms with Gasteiger partial charge in [0.25, 0.3) is 5.69 Å². The highest BCUT2D eigenvalue weighted by molar-refractivity contribution is 5.81. The van der Waals surface area contributed by atoms with Crippen LogP contribution in [0.1, 0.15) is 25.3 Å². The number of amides is 1. The van der Waals surface area contributed by atoms with E-state index in [0.717, 1.165) is 0 Å². The Bertz CT molecular complexity index is 835. The van der Waals surface area contributed by atoms with Crippen molar-refractivity contribution in [1.82, 2.24) is 10.2 Å². The predicted octanol–water partition coefficient (Wildman–Crippen LogP) is 3.03. The molecule has 1 aliphatic rings. The quantitative estimate of drug-likeness (QED) is 0.575. The van der Waals surface area contributed by atoms with Gasteiger partial charge in [-0.05, 0) is 24.5 Å². The first-order valence-electron chi connectivity index (χ1n) is 10.0. The molecule has 1 aliphatic heterocycles. The molecule has 154 valence electrons. The van der Waals surface area contributed by atoms with Crippen molar-refractivity contribution in [3.8, 4) is 0 Å². The number of nitrogens with zero attached hydrogens (tertiary/aromatic N) is 3. The molecule has 0 radical (unpaired) electrons. The number of benzene rings is 2. The number of anilines is 1. The second-order valence-electron chi connectivity index (χ2n) is 7.50. The highest BCUT2D eigenvalue weighted by atomic mass is 16.6. The van der Waals surface area contributed by atoms with Crippen LogP contribution >= 0.6 is 0 Å². The lowest BCUT2D eigenvalue weighted by atomic mass is 10.0. The number of nitro groups is 1. The Morgan fingerprint density at radius 3 is 2.31 bits per heavy atom. The van der Waals surface area contributed by atoms with Crippen LogP contribution in [0.3, 0.4) is 0 Å². The topological polar surface area (TPSA) is 78.7 Å². The van der Waals surface area contributed by atoms with Gasteiger partial charge >= 0.3 is 0 Å². The molecule has 1 fully saturated rings. The average molecular weight is 396 g/mol. The van der Waals surface area contributed by atoms with Crippen molar-refractivity contribution in [2.75, 3.05) is 37.6 Å². The summed E-state index contributed by atoms with van der Waals surface area (Å²) in [6, 6.07) is 16.7. The summed E-state index contributed by atoms with van der Waals surface area (Å²) in [7, 11) is 0. The monoisotopic (exact) mass is 396 g/mol. The number of para-hydroxylation sites is 2. The Labute approximate surface area is 171 Å². The van der Waals surface area contributed by atoms with E-state index in [1.54, 1.807) is 12.1 Å². The molecular formula is C22H28N4O3. The summed E-state index contributed by atoms with van der Waals surface area (Å²) in [5.41, 5.74) is 1.98. The average Bonchev–Trinajstić information content (AvgIpc) is 2.77. The van der Waals surface area contributed by atoms with Gasteiger partial charge in [0.15, 0.2) is 0 Å². The van der Waals surface area contributed by atoms with Crippen molar-refractivity contribution < 1.29 is 9.72 Å². The van der Waals surface area contributed by atoms with Gasteiger partial charge in [0.2, 0.25) is 5.91 Å². The predicted molar refractivity (Wildman–Crippen MR) is 114 cm³/mol. The van der Waals surface area contributed by atoms with Crippen molar-refractivity contribution in [3.63, 3.8) is 0 Å². The summed E-state index contributed by atoms with van der Waals surface area (Å²) in [6.07, 6.45) is 0. The number of nitro benzene ring substituents is 1. The first-order chi connectivity index (χ1) is 14.0. The minimum atomic E-state index is -0.342. The van der Waals surface area contributed by atoms with E-state index >= 15 is 0 Å². The lowest BCUT2D eigenvalue weighted by Crippen LogP contribution is -2.54. The molecule has 7 nitrogen and oxygen atoms in total. The van der Waals surface area contributed by atoms with Gasteiger partial charge in [-0.1, -0.05) is 49.4 Å². The molecule has 7 heteroatoms. The van der Waals surface area contributed by atoms with Crippen LogP contribution in [0.15, 0.2) is 54.6 Å². The summed E-state index contributed by atoms with van der Waals surface area (Å²) in [4.78, 5) is 27.7. The van der Waals surface area contributed by atoms with Crippen LogP contribution in [0.25, 0.3) is 0 Å². The second-order valence-corrected chi connectivity index (χ2v) is 7.50. The van der Waals surface area contributed by atoms with Crippen LogP contribution in [-0.2, 0) is 4.79 Å². The molecule has 0 spiro atoms. The Balaban J connectivity index is 1.51. The van der Waals surface area contributed by atoms with Crippen LogP contribution in [0, 0.1) is 10.1 Å². The summed E-state index contributed by atoms with van der Waals surface area (Å²) < 4.78 is 0. The Morgan fingerprint density at radius 1 is 1.03 bits per heavy atom. The standard InChI is InChI=1S/C22H28N4O3/c1-17(19-8-4-3-5-9-19)16-23-22(27)18(2)24-12-14-25(15-13-24)20-10-6-7-11-21(20)26(28)29/h3-11,17-18H,12-16H2,1-2H3,(H,23,27). The van der Waals surface area contributed by atoms with E-state index in [9.17, 15) is 14.9 Å². The maximum Gasteiger partial charge on any atom is 0.292 e. The van der Waals surface area contributed by atoms with E-state index < -0.39 is 0 Å². The lowest BCUT2D eigenvalue weighted by molar-refractivity contribution is -0.384.